The minimum Gasteiger partial charge on any atom is -0.376 e. The molecule has 7 nitrogen and oxygen atoms in total. The quantitative estimate of drug-likeness (QED) is 0.591. The zero-order chi connectivity index (χ0) is 14.8. The molecule has 1 aromatic heterocycles. The van der Waals surface area contributed by atoms with E-state index in [9.17, 15) is 4.79 Å². The van der Waals surface area contributed by atoms with Crippen molar-refractivity contribution >= 4 is 17.7 Å². The smallest absolute Gasteiger partial charge is 0.233 e. The molecule has 116 valence electrons. The number of nitrogens with zero attached hydrogens (tertiary/aromatic N) is 3. The summed E-state index contributed by atoms with van der Waals surface area (Å²) in [6.07, 6.45) is 4.50. The Hall–Kier alpha value is -1.28. The highest BCUT2D eigenvalue weighted by molar-refractivity contribution is 8.00. The van der Waals surface area contributed by atoms with Crippen LogP contribution in [-0.4, -0.2) is 45.3 Å². The molecular formula is C13H21N5O2S. The van der Waals surface area contributed by atoms with Crippen LogP contribution in [0.2, 0.25) is 0 Å². The summed E-state index contributed by atoms with van der Waals surface area (Å²) in [5.74, 6) is 7.23. The minimum absolute atomic E-state index is 0.0218. The van der Waals surface area contributed by atoms with Crippen molar-refractivity contribution in [2.75, 3.05) is 19.0 Å². The highest BCUT2D eigenvalue weighted by Gasteiger charge is 2.30. The Morgan fingerprint density at radius 3 is 3.00 bits per heavy atom. The topological polar surface area (TPSA) is 95.1 Å². The molecule has 2 atom stereocenters. The molecule has 21 heavy (non-hydrogen) atoms. The number of nitrogen functional groups attached to an aromatic ring is 1. The number of carbonyl (C=O) groups excluding carboxylic acids is 1. The normalized spacial score (nSPS) is 23.2. The second kappa shape index (κ2) is 6.23. The summed E-state index contributed by atoms with van der Waals surface area (Å²) < 4.78 is 7.01. The molecule has 1 saturated heterocycles. The molecule has 1 aliphatic carbocycles. The third kappa shape index (κ3) is 3.49. The lowest BCUT2D eigenvalue weighted by Gasteiger charge is -2.14. The van der Waals surface area contributed by atoms with E-state index in [1.807, 2.05) is 6.92 Å². The summed E-state index contributed by atoms with van der Waals surface area (Å²) >= 11 is 1.34. The van der Waals surface area contributed by atoms with Crippen molar-refractivity contribution in [2.24, 2.45) is 0 Å². The van der Waals surface area contributed by atoms with Crippen molar-refractivity contribution in [2.45, 2.75) is 55.0 Å². The highest BCUT2D eigenvalue weighted by atomic mass is 32.2. The second-order valence-electron chi connectivity index (χ2n) is 5.63. The maximum Gasteiger partial charge on any atom is 0.233 e. The number of thioether (sulfide) groups is 1. The predicted molar refractivity (Wildman–Crippen MR) is 79.5 cm³/mol. The predicted octanol–water partition coefficient (Wildman–Crippen LogP) is 0.645. The number of amides is 1. The Balaban J connectivity index is 1.50. The van der Waals surface area contributed by atoms with E-state index in [1.54, 1.807) is 0 Å². The van der Waals surface area contributed by atoms with Crippen LogP contribution < -0.4 is 11.2 Å². The first-order chi connectivity index (χ1) is 10.1. The van der Waals surface area contributed by atoms with Crippen LogP contribution in [0.3, 0.4) is 0 Å². The van der Waals surface area contributed by atoms with Crippen LogP contribution in [0.5, 0.6) is 0 Å². The van der Waals surface area contributed by atoms with Crippen LogP contribution in [0.15, 0.2) is 5.16 Å². The fourth-order valence-electron chi connectivity index (χ4n) is 2.36. The molecule has 1 saturated carbocycles. The van der Waals surface area contributed by atoms with Gasteiger partial charge in [0.05, 0.1) is 11.4 Å². The Kier molecular flexibility index (Phi) is 4.34. The third-order valence-corrected chi connectivity index (χ3v) is 4.87. The van der Waals surface area contributed by atoms with Gasteiger partial charge in [0.1, 0.15) is 0 Å². The number of aromatic nitrogens is 3. The Labute approximate surface area is 128 Å². The Morgan fingerprint density at radius 2 is 2.33 bits per heavy atom. The number of hydrogen-bond donors (Lipinski definition) is 2. The molecule has 1 aliphatic heterocycles. The van der Waals surface area contributed by atoms with E-state index >= 15 is 0 Å². The molecule has 0 aromatic carbocycles. The molecule has 2 aliphatic rings. The van der Waals surface area contributed by atoms with Gasteiger partial charge in [0.2, 0.25) is 11.1 Å². The van der Waals surface area contributed by atoms with Crippen molar-refractivity contribution in [3.63, 3.8) is 0 Å². The molecule has 0 radical (unpaired) electrons. The molecule has 8 heteroatoms. The molecular weight excluding hydrogens is 290 g/mol. The summed E-state index contributed by atoms with van der Waals surface area (Å²) in [6, 6.07) is 0. The number of rotatable bonds is 6. The molecule has 3 N–H and O–H groups in total. The van der Waals surface area contributed by atoms with Gasteiger partial charge in [-0.25, -0.2) is 4.68 Å². The average molecular weight is 311 g/mol. The Morgan fingerprint density at radius 1 is 1.52 bits per heavy atom. The first kappa shape index (κ1) is 14.6. The van der Waals surface area contributed by atoms with Crippen LogP contribution in [0.25, 0.3) is 0 Å². The summed E-state index contributed by atoms with van der Waals surface area (Å²) in [5.41, 5.74) is 0. The molecule has 2 fully saturated rings. The van der Waals surface area contributed by atoms with Crippen molar-refractivity contribution in [1.82, 2.24) is 20.2 Å². The van der Waals surface area contributed by atoms with Gasteiger partial charge in [0.15, 0.2) is 5.82 Å². The number of ether oxygens (including phenoxy) is 1. The van der Waals surface area contributed by atoms with Gasteiger partial charge in [0, 0.05) is 19.1 Å². The first-order valence-electron chi connectivity index (χ1n) is 7.41. The lowest BCUT2D eigenvalue weighted by molar-refractivity contribution is -0.120. The number of nitrogens with two attached hydrogens (primary N) is 1. The lowest BCUT2D eigenvalue weighted by atomic mass is 10.2. The van der Waals surface area contributed by atoms with E-state index in [0.29, 0.717) is 17.6 Å². The van der Waals surface area contributed by atoms with Crippen LogP contribution in [0.1, 0.15) is 44.3 Å². The van der Waals surface area contributed by atoms with Gasteiger partial charge in [-0.05, 0) is 32.6 Å². The summed E-state index contributed by atoms with van der Waals surface area (Å²) in [4.78, 5) is 12.1. The number of carbonyl (C=O) groups is 1. The average Bonchev–Trinajstić information content (AvgIpc) is 3.06. The van der Waals surface area contributed by atoms with Crippen molar-refractivity contribution < 1.29 is 9.53 Å². The van der Waals surface area contributed by atoms with Gasteiger partial charge in [0.25, 0.3) is 0 Å². The second-order valence-corrected chi connectivity index (χ2v) is 6.93. The molecule has 2 unspecified atom stereocenters. The minimum atomic E-state index is -0.259. The van der Waals surface area contributed by atoms with Crippen molar-refractivity contribution in [1.29, 1.82) is 0 Å². The van der Waals surface area contributed by atoms with Crippen molar-refractivity contribution in [3.05, 3.63) is 5.82 Å². The third-order valence-electron chi connectivity index (χ3n) is 3.81. The first-order valence-corrected chi connectivity index (χ1v) is 8.29. The molecule has 1 aromatic rings. The fourth-order valence-corrected chi connectivity index (χ4v) is 3.17. The zero-order valence-electron chi connectivity index (χ0n) is 12.1. The van der Waals surface area contributed by atoms with Crippen molar-refractivity contribution in [3.8, 4) is 0 Å². The molecule has 3 rings (SSSR count). The number of nitrogens with one attached hydrogen (secondary N) is 1. The van der Waals surface area contributed by atoms with E-state index in [1.165, 1.54) is 16.4 Å². The van der Waals surface area contributed by atoms with Gasteiger partial charge in [-0.2, -0.15) is 0 Å². The monoisotopic (exact) mass is 311 g/mol. The van der Waals surface area contributed by atoms with Crippen LogP contribution >= 0.6 is 11.8 Å². The largest absolute Gasteiger partial charge is 0.376 e. The lowest BCUT2D eigenvalue weighted by Crippen LogP contribution is -2.36. The maximum absolute atomic E-state index is 12.1. The molecule has 2 heterocycles. The fraction of sp³-hybridized carbons (Fsp3) is 0.769. The van der Waals surface area contributed by atoms with E-state index in [-0.39, 0.29) is 17.3 Å². The highest BCUT2D eigenvalue weighted by Crippen LogP contribution is 2.39. The van der Waals surface area contributed by atoms with E-state index in [4.69, 9.17) is 10.6 Å². The van der Waals surface area contributed by atoms with E-state index in [2.05, 4.69) is 15.5 Å². The Bertz CT molecular complexity index is 511. The molecule has 0 bridgehead atoms. The van der Waals surface area contributed by atoms with Gasteiger partial charge >= 0.3 is 0 Å². The van der Waals surface area contributed by atoms with Gasteiger partial charge in [-0.15, -0.1) is 10.2 Å². The molecule has 1 amide bonds. The molecule has 0 spiro atoms. The van der Waals surface area contributed by atoms with Crippen LogP contribution in [0, 0.1) is 0 Å². The number of hydrogen-bond acceptors (Lipinski definition) is 6. The van der Waals surface area contributed by atoms with Crippen LogP contribution in [-0.2, 0) is 9.53 Å². The van der Waals surface area contributed by atoms with Gasteiger partial charge in [-0.1, -0.05) is 11.8 Å². The van der Waals surface area contributed by atoms with Crippen LogP contribution in [0.4, 0.5) is 0 Å². The van der Waals surface area contributed by atoms with Gasteiger partial charge < -0.3 is 15.9 Å². The maximum atomic E-state index is 12.1. The zero-order valence-corrected chi connectivity index (χ0v) is 12.9. The summed E-state index contributed by atoms with van der Waals surface area (Å²) in [6.45, 7) is 3.22. The standard InChI is InChI=1S/C13H21N5O2S/c1-8(12(19)15-7-10-3-2-6-20-10)21-13-17-16-11(18(13)14)9-4-5-9/h8-10H,2-7,14H2,1H3,(H,15,19). The summed E-state index contributed by atoms with van der Waals surface area (Å²) in [5, 5.41) is 11.5. The van der Waals surface area contributed by atoms with Gasteiger partial charge in [-0.3, -0.25) is 4.79 Å². The van der Waals surface area contributed by atoms with E-state index < -0.39 is 0 Å². The summed E-state index contributed by atoms with van der Waals surface area (Å²) in [7, 11) is 0. The SMILES string of the molecule is CC(Sc1nnc(C2CC2)n1N)C(=O)NCC1CCCO1. The van der Waals surface area contributed by atoms with E-state index in [0.717, 1.165) is 38.1 Å².